The number of nitrogens with one attached hydrogen (secondary N) is 1. The highest BCUT2D eigenvalue weighted by molar-refractivity contribution is 5.23. The van der Waals surface area contributed by atoms with Crippen LogP contribution in [0.2, 0.25) is 0 Å². The highest BCUT2D eigenvalue weighted by atomic mass is 16.3. The Kier molecular flexibility index (Phi) is 1.95. The van der Waals surface area contributed by atoms with E-state index in [1.54, 1.807) is 7.05 Å². The fourth-order valence-corrected chi connectivity index (χ4v) is 0.913. The molecule has 0 amide bonds. The lowest BCUT2D eigenvalue weighted by molar-refractivity contribution is 0.404. The standard InChI is InChI=1S/C7H14N4O/c1-7(2,3)5-6(12)11(8-4)10-9-5/h8,12H,1-4H3. The average Bonchev–Trinajstić information content (AvgIpc) is 2.29. The zero-order valence-corrected chi connectivity index (χ0v) is 7.79. The number of aromatic hydroxyl groups is 1. The van der Waals surface area contributed by atoms with Crippen LogP contribution in [0.4, 0.5) is 0 Å². The maximum atomic E-state index is 9.54. The predicted octanol–water partition coefficient (Wildman–Crippen LogP) is 0.454. The van der Waals surface area contributed by atoms with E-state index < -0.39 is 0 Å². The summed E-state index contributed by atoms with van der Waals surface area (Å²) in [6.45, 7) is 5.91. The molecule has 2 N–H and O–H groups in total. The van der Waals surface area contributed by atoms with Crippen molar-refractivity contribution in [3.63, 3.8) is 0 Å². The van der Waals surface area contributed by atoms with E-state index in [1.165, 1.54) is 4.79 Å². The summed E-state index contributed by atoms with van der Waals surface area (Å²) in [4.78, 5) is 1.24. The van der Waals surface area contributed by atoms with Gasteiger partial charge in [0.2, 0.25) is 0 Å². The quantitative estimate of drug-likeness (QED) is 0.642. The summed E-state index contributed by atoms with van der Waals surface area (Å²) in [7, 11) is 1.67. The Hall–Kier alpha value is -1.26. The summed E-state index contributed by atoms with van der Waals surface area (Å²) in [6, 6.07) is 0. The molecule has 12 heavy (non-hydrogen) atoms. The Morgan fingerprint density at radius 1 is 1.42 bits per heavy atom. The van der Waals surface area contributed by atoms with Gasteiger partial charge in [-0.2, -0.15) is 0 Å². The molecule has 0 fully saturated rings. The van der Waals surface area contributed by atoms with Gasteiger partial charge in [0.15, 0.2) is 0 Å². The van der Waals surface area contributed by atoms with E-state index in [-0.39, 0.29) is 11.3 Å². The van der Waals surface area contributed by atoms with E-state index in [0.29, 0.717) is 5.69 Å². The van der Waals surface area contributed by atoms with Crippen LogP contribution >= 0.6 is 0 Å². The molecule has 0 unspecified atom stereocenters. The molecule has 0 radical (unpaired) electrons. The third-order valence-corrected chi connectivity index (χ3v) is 1.57. The first-order valence-corrected chi connectivity index (χ1v) is 3.79. The van der Waals surface area contributed by atoms with Gasteiger partial charge in [0.1, 0.15) is 5.69 Å². The molecule has 0 saturated heterocycles. The first-order chi connectivity index (χ1) is 5.46. The second-order valence-electron chi connectivity index (χ2n) is 3.65. The molecule has 0 saturated carbocycles. The summed E-state index contributed by atoms with van der Waals surface area (Å²) in [6.07, 6.45) is 0. The summed E-state index contributed by atoms with van der Waals surface area (Å²) in [5.41, 5.74) is 3.09. The molecule has 0 bridgehead atoms. The summed E-state index contributed by atoms with van der Waals surface area (Å²) in [5.74, 6) is 0.0741. The van der Waals surface area contributed by atoms with Crippen LogP contribution in [0.1, 0.15) is 26.5 Å². The highest BCUT2D eigenvalue weighted by Gasteiger charge is 2.23. The third-order valence-electron chi connectivity index (χ3n) is 1.57. The maximum absolute atomic E-state index is 9.54. The van der Waals surface area contributed by atoms with Crippen molar-refractivity contribution in [2.45, 2.75) is 26.2 Å². The molecule has 68 valence electrons. The van der Waals surface area contributed by atoms with Crippen LogP contribution in [-0.4, -0.2) is 27.3 Å². The maximum Gasteiger partial charge on any atom is 0.254 e. The van der Waals surface area contributed by atoms with E-state index in [4.69, 9.17) is 0 Å². The predicted molar refractivity (Wildman–Crippen MR) is 45.7 cm³/mol. The van der Waals surface area contributed by atoms with Crippen LogP contribution in [0, 0.1) is 0 Å². The smallest absolute Gasteiger partial charge is 0.254 e. The average molecular weight is 170 g/mol. The molecule has 5 nitrogen and oxygen atoms in total. The van der Waals surface area contributed by atoms with Crippen molar-refractivity contribution in [3.8, 4) is 5.88 Å². The molecule has 1 aromatic heterocycles. The lowest BCUT2D eigenvalue weighted by atomic mass is 9.93. The highest BCUT2D eigenvalue weighted by Crippen LogP contribution is 2.26. The topological polar surface area (TPSA) is 63.0 Å². The van der Waals surface area contributed by atoms with E-state index in [0.717, 1.165) is 0 Å². The Morgan fingerprint density at radius 2 is 2.00 bits per heavy atom. The van der Waals surface area contributed by atoms with Crippen LogP contribution in [0.15, 0.2) is 0 Å². The van der Waals surface area contributed by atoms with E-state index in [2.05, 4.69) is 15.7 Å². The van der Waals surface area contributed by atoms with E-state index in [9.17, 15) is 5.11 Å². The van der Waals surface area contributed by atoms with Crippen molar-refractivity contribution in [2.24, 2.45) is 0 Å². The van der Waals surface area contributed by atoms with Crippen molar-refractivity contribution in [3.05, 3.63) is 5.69 Å². The molecule has 0 aromatic carbocycles. The van der Waals surface area contributed by atoms with Crippen molar-refractivity contribution < 1.29 is 5.11 Å². The van der Waals surface area contributed by atoms with Crippen LogP contribution in [0.25, 0.3) is 0 Å². The van der Waals surface area contributed by atoms with Crippen LogP contribution < -0.4 is 5.43 Å². The molecule has 1 aromatic rings. The minimum atomic E-state index is -0.181. The van der Waals surface area contributed by atoms with Gasteiger partial charge in [0.25, 0.3) is 5.88 Å². The molecule has 0 aliphatic rings. The van der Waals surface area contributed by atoms with Gasteiger partial charge in [-0.3, -0.25) is 0 Å². The number of hydrogen-bond donors (Lipinski definition) is 2. The van der Waals surface area contributed by atoms with Crippen LogP contribution in [0.3, 0.4) is 0 Å². The number of rotatable bonds is 1. The Labute approximate surface area is 71.4 Å². The molecule has 1 heterocycles. The fourth-order valence-electron chi connectivity index (χ4n) is 0.913. The molecular weight excluding hydrogens is 156 g/mol. The van der Waals surface area contributed by atoms with Gasteiger partial charge in [-0.05, 0) is 5.21 Å². The third kappa shape index (κ3) is 1.34. The first-order valence-electron chi connectivity index (χ1n) is 3.79. The Bertz CT molecular complexity index is 273. The molecule has 0 aliphatic heterocycles. The molecular formula is C7H14N4O. The second kappa shape index (κ2) is 2.66. The normalized spacial score (nSPS) is 11.7. The number of aromatic nitrogens is 3. The van der Waals surface area contributed by atoms with Gasteiger partial charge in [-0.25, -0.2) is 0 Å². The molecule has 1 rings (SSSR count). The first kappa shape index (κ1) is 8.83. The van der Waals surface area contributed by atoms with Gasteiger partial charge < -0.3 is 10.5 Å². The van der Waals surface area contributed by atoms with Gasteiger partial charge in [-0.1, -0.05) is 20.8 Å². The largest absolute Gasteiger partial charge is 0.491 e. The van der Waals surface area contributed by atoms with E-state index in [1.807, 2.05) is 20.8 Å². The summed E-state index contributed by atoms with van der Waals surface area (Å²) >= 11 is 0. The molecule has 0 aliphatic carbocycles. The van der Waals surface area contributed by atoms with Crippen molar-refractivity contribution in [2.75, 3.05) is 12.5 Å². The SMILES string of the molecule is CNn1nnc(C(C)(C)C)c1O. The minimum Gasteiger partial charge on any atom is -0.491 e. The van der Waals surface area contributed by atoms with Gasteiger partial charge in [-0.15, -0.1) is 9.89 Å². The van der Waals surface area contributed by atoms with E-state index >= 15 is 0 Å². The zero-order chi connectivity index (χ0) is 9.35. The Balaban J connectivity index is 3.11. The van der Waals surface area contributed by atoms with Crippen LogP contribution in [0.5, 0.6) is 5.88 Å². The summed E-state index contributed by atoms with van der Waals surface area (Å²) in [5, 5.41) is 17.1. The minimum absolute atomic E-state index is 0.0741. The van der Waals surface area contributed by atoms with Gasteiger partial charge in [0.05, 0.1) is 0 Å². The second-order valence-corrected chi connectivity index (χ2v) is 3.65. The lowest BCUT2D eigenvalue weighted by Gasteiger charge is -2.14. The fraction of sp³-hybridized carbons (Fsp3) is 0.714. The van der Waals surface area contributed by atoms with Crippen LogP contribution in [-0.2, 0) is 5.41 Å². The van der Waals surface area contributed by atoms with Crippen molar-refractivity contribution in [1.82, 2.24) is 15.1 Å². The molecule has 0 spiro atoms. The zero-order valence-electron chi connectivity index (χ0n) is 7.79. The van der Waals surface area contributed by atoms with Gasteiger partial charge in [0, 0.05) is 12.5 Å². The summed E-state index contributed by atoms with van der Waals surface area (Å²) < 4.78 is 0. The number of nitrogens with zero attached hydrogens (tertiary/aromatic N) is 3. The molecule has 5 heteroatoms. The van der Waals surface area contributed by atoms with Crippen molar-refractivity contribution in [1.29, 1.82) is 0 Å². The van der Waals surface area contributed by atoms with Gasteiger partial charge >= 0.3 is 0 Å². The number of hydrogen-bond acceptors (Lipinski definition) is 4. The Morgan fingerprint density at radius 3 is 2.25 bits per heavy atom. The van der Waals surface area contributed by atoms with Crippen molar-refractivity contribution >= 4 is 0 Å². The lowest BCUT2D eigenvalue weighted by Crippen LogP contribution is -2.13. The monoisotopic (exact) mass is 170 g/mol. The molecule has 0 atom stereocenters.